The molecule has 0 amide bonds. The number of ether oxygens (including phenoxy) is 2. The average molecular weight is 210 g/mol. The van der Waals surface area contributed by atoms with E-state index in [1.54, 1.807) is 0 Å². The van der Waals surface area contributed by atoms with E-state index in [-0.39, 0.29) is 12.2 Å². The minimum Gasteiger partial charge on any atom is -0.369 e. The first-order valence-corrected chi connectivity index (χ1v) is 4.52. The van der Waals surface area contributed by atoms with Gasteiger partial charge in [-0.1, -0.05) is 0 Å². The average Bonchev–Trinajstić information content (AvgIpc) is 2.14. The van der Waals surface area contributed by atoms with Crippen molar-refractivity contribution in [2.75, 3.05) is 19.8 Å². The zero-order valence-electron chi connectivity index (χ0n) is 7.92. The first-order valence-electron chi connectivity index (χ1n) is 4.14. The molecule has 5 nitrogen and oxygen atoms in total. The van der Waals surface area contributed by atoms with Crippen LogP contribution in [0.5, 0.6) is 0 Å². The van der Waals surface area contributed by atoms with Crippen LogP contribution in [0.1, 0.15) is 13.8 Å². The standard InChI is InChI=1S/C7H16ClN3O2/c1-3-12-6(13-4-2)5-10-7(9)11-8/h6H,3-5H2,1-2H3,(H3,9,10,11). The topological polar surface area (TPSA) is 68.9 Å². The molecule has 6 heteroatoms. The summed E-state index contributed by atoms with van der Waals surface area (Å²) in [4.78, 5) is 6.07. The summed E-state index contributed by atoms with van der Waals surface area (Å²) in [7, 11) is 0. The van der Waals surface area contributed by atoms with E-state index in [1.165, 1.54) is 0 Å². The van der Waals surface area contributed by atoms with Crippen LogP contribution in [0.3, 0.4) is 0 Å². The van der Waals surface area contributed by atoms with Gasteiger partial charge in [-0.2, -0.15) is 0 Å². The normalized spacial score (nSPS) is 12.2. The fourth-order valence-electron chi connectivity index (χ4n) is 0.728. The highest BCUT2D eigenvalue weighted by Gasteiger charge is 2.06. The van der Waals surface area contributed by atoms with Crippen molar-refractivity contribution in [3.05, 3.63) is 0 Å². The molecule has 0 rings (SSSR count). The van der Waals surface area contributed by atoms with Gasteiger partial charge in [-0.15, -0.1) is 0 Å². The van der Waals surface area contributed by atoms with Crippen LogP contribution in [0.2, 0.25) is 0 Å². The maximum atomic E-state index is 5.31. The minimum absolute atomic E-state index is 0.158. The van der Waals surface area contributed by atoms with Crippen molar-refractivity contribution in [3.8, 4) is 0 Å². The molecule has 0 aliphatic rings. The molecule has 0 aliphatic carbocycles. The number of hydrogen-bond donors (Lipinski definition) is 2. The van der Waals surface area contributed by atoms with Crippen LogP contribution in [0, 0.1) is 0 Å². The van der Waals surface area contributed by atoms with E-state index in [1.807, 2.05) is 13.8 Å². The van der Waals surface area contributed by atoms with Gasteiger partial charge in [0.15, 0.2) is 6.29 Å². The molecule has 0 aromatic rings. The molecule has 3 N–H and O–H groups in total. The SMILES string of the molecule is CCOC(CN=C(N)NCl)OCC. The highest BCUT2D eigenvalue weighted by Crippen LogP contribution is 1.95. The van der Waals surface area contributed by atoms with Gasteiger partial charge in [0.2, 0.25) is 5.96 Å². The Hall–Kier alpha value is -0.520. The van der Waals surface area contributed by atoms with Crippen LogP contribution in [-0.2, 0) is 9.47 Å². The van der Waals surface area contributed by atoms with Gasteiger partial charge in [0.05, 0.1) is 6.54 Å². The molecule has 0 fully saturated rings. The quantitative estimate of drug-likeness (QED) is 0.288. The molecular formula is C7H16ClN3O2. The summed E-state index contributed by atoms with van der Waals surface area (Å²) in [6, 6.07) is 0. The molecule has 78 valence electrons. The van der Waals surface area contributed by atoms with Crippen molar-refractivity contribution < 1.29 is 9.47 Å². The number of rotatable bonds is 6. The minimum atomic E-state index is -0.349. The van der Waals surface area contributed by atoms with Crippen molar-refractivity contribution >= 4 is 17.7 Å². The van der Waals surface area contributed by atoms with Crippen molar-refractivity contribution in [3.63, 3.8) is 0 Å². The molecule has 0 saturated heterocycles. The van der Waals surface area contributed by atoms with Gasteiger partial charge in [-0.25, -0.2) is 4.99 Å². The smallest absolute Gasteiger partial charge is 0.203 e. The fourth-order valence-corrected chi connectivity index (χ4v) is 0.788. The molecule has 0 bridgehead atoms. The van der Waals surface area contributed by atoms with E-state index in [0.29, 0.717) is 19.8 Å². The lowest BCUT2D eigenvalue weighted by Crippen LogP contribution is -2.27. The molecule has 0 radical (unpaired) electrons. The highest BCUT2D eigenvalue weighted by molar-refractivity contribution is 6.21. The Bertz CT molecular complexity index is 149. The highest BCUT2D eigenvalue weighted by atomic mass is 35.5. The van der Waals surface area contributed by atoms with Crippen molar-refractivity contribution in [1.29, 1.82) is 0 Å². The number of hydrogen-bond acceptors (Lipinski definition) is 3. The van der Waals surface area contributed by atoms with Crippen molar-refractivity contribution in [1.82, 2.24) is 4.84 Å². The number of nitrogens with one attached hydrogen (secondary N) is 1. The molecule has 0 heterocycles. The predicted octanol–water partition coefficient (Wildman–Crippen LogP) is 0.444. The van der Waals surface area contributed by atoms with E-state index in [4.69, 9.17) is 27.0 Å². The van der Waals surface area contributed by atoms with Gasteiger partial charge in [0.25, 0.3) is 0 Å². The molecule has 0 spiro atoms. The van der Waals surface area contributed by atoms with Gasteiger partial charge in [-0.3, -0.25) is 4.84 Å². The summed E-state index contributed by atoms with van der Waals surface area (Å²) in [6.07, 6.45) is -0.349. The third kappa shape index (κ3) is 6.62. The van der Waals surface area contributed by atoms with Gasteiger partial charge in [0.1, 0.15) is 0 Å². The monoisotopic (exact) mass is 209 g/mol. The fraction of sp³-hybridized carbons (Fsp3) is 0.857. The van der Waals surface area contributed by atoms with Gasteiger partial charge >= 0.3 is 0 Å². The summed E-state index contributed by atoms with van der Waals surface area (Å²) in [5.41, 5.74) is 5.31. The molecule has 0 aromatic heterocycles. The van der Waals surface area contributed by atoms with E-state index < -0.39 is 0 Å². The van der Waals surface area contributed by atoms with Gasteiger partial charge in [0, 0.05) is 25.0 Å². The van der Waals surface area contributed by atoms with Crippen molar-refractivity contribution in [2.45, 2.75) is 20.1 Å². The summed E-state index contributed by atoms with van der Waals surface area (Å²) >= 11 is 5.20. The molecule has 0 atom stereocenters. The van der Waals surface area contributed by atoms with Crippen LogP contribution >= 0.6 is 11.8 Å². The van der Waals surface area contributed by atoms with E-state index >= 15 is 0 Å². The Balaban J connectivity index is 3.79. The third-order valence-corrected chi connectivity index (χ3v) is 1.41. The Morgan fingerprint density at radius 2 is 2.00 bits per heavy atom. The summed E-state index contributed by atoms with van der Waals surface area (Å²) < 4.78 is 10.4. The first kappa shape index (κ1) is 12.5. The number of aliphatic imine (C=N–C) groups is 1. The number of guanidine groups is 1. The second-order valence-electron chi connectivity index (χ2n) is 2.16. The summed E-state index contributed by atoms with van der Waals surface area (Å²) in [5, 5.41) is 0. The second-order valence-corrected chi connectivity index (χ2v) is 2.35. The van der Waals surface area contributed by atoms with Crippen LogP contribution in [0.15, 0.2) is 4.99 Å². The summed E-state index contributed by atoms with van der Waals surface area (Å²) in [6.45, 7) is 5.27. The lowest BCUT2D eigenvalue weighted by molar-refractivity contribution is -0.128. The Morgan fingerprint density at radius 1 is 1.46 bits per heavy atom. The number of halogens is 1. The van der Waals surface area contributed by atoms with Gasteiger partial charge in [-0.05, 0) is 13.8 Å². The molecular weight excluding hydrogens is 194 g/mol. The molecule has 0 aliphatic heterocycles. The van der Waals surface area contributed by atoms with Crippen LogP contribution < -0.4 is 10.6 Å². The third-order valence-electron chi connectivity index (χ3n) is 1.21. The van der Waals surface area contributed by atoms with E-state index in [9.17, 15) is 0 Å². The Morgan fingerprint density at radius 3 is 2.38 bits per heavy atom. The molecule has 13 heavy (non-hydrogen) atoms. The lowest BCUT2D eigenvalue weighted by Gasteiger charge is -2.14. The number of nitrogens with zero attached hydrogens (tertiary/aromatic N) is 1. The molecule has 0 unspecified atom stereocenters. The zero-order chi connectivity index (χ0) is 10.1. The molecule has 0 saturated carbocycles. The maximum absolute atomic E-state index is 5.31. The zero-order valence-corrected chi connectivity index (χ0v) is 8.67. The van der Waals surface area contributed by atoms with Gasteiger partial charge < -0.3 is 15.2 Å². The Labute approximate surface area is 83.4 Å². The van der Waals surface area contributed by atoms with Crippen molar-refractivity contribution in [2.24, 2.45) is 10.7 Å². The first-order chi connectivity index (χ1) is 6.24. The van der Waals surface area contributed by atoms with Crippen LogP contribution in [0.4, 0.5) is 0 Å². The number of nitrogens with two attached hydrogens (primary N) is 1. The summed E-state index contributed by atoms with van der Waals surface area (Å²) in [5.74, 6) is 0.158. The Kier molecular flexibility index (Phi) is 7.77. The largest absolute Gasteiger partial charge is 0.369 e. The van der Waals surface area contributed by atoms with Crippen LogP contribution in [0.25, 0.3) is 0 Å². The van der Waals surface area contributed by atoms with Crippen LogP contribution in [-0.4, -0.2) is 32.0 Å². The maximum Gasteiger partial charge on any atom is 0.203 e. The second kappa shape index (κ2) is 8.10. The predicted molar refractivity (Wildman–Crippen MR) is 52.5 cm³/mol. The van der Waals surface area contributed by atoms with E-state index in [0.717, 1.165) is 0 Å². The lowest BCUT2D eigenvalue weighted by atomic mass is 10.6. The van der Waals surface area contributed by atoms with E-state index in [2.05, 4.69) is 9.83 Å². The molecule has 0 aromatic carbocycles.